The number of ether oxygens (including phenoxy) is 1. The fourth-order valence-corrected chi connectivity index (χ4v) is 1.47. The molecule has 1 aromatic rings. The fourth-order valence-electron chi connectivity index (χ4n) is 1.47. The van der Waals surface area contributed by atoms with Crippen molar-refractivity contribution in [2.45, 2.75) is 26.8 Å². The summed E-state index contributed by atoms with van der Waals surface area (Å²) < 4.78 is 9.77. The van der Waals surface area contributed by atoms with Gasteiger partial charge in [-0.15, -0.1) is 0 Å². The summed E-state index contributed by atoms with van der Waals surface area (Å²) in [6.45, 7) is 5.67. The minimum atomic E-state index is -0.227. The number of hydrogen-bond acceptors (Lipinski definition) is 5. The first-order chi connectivity index (χ1) is 7.67. The highest BCUT2D eigenvalue weighted by atomic mass is 16.5. The second-order valence-corrected chi connectivity index (χ2v) is 3.64. The van der Waals surface area contributed by atoms with Crippen molar-refractivity contribution in [1.29, 1.82) is 0 Å². The second kappa shape index (κ2) is 6.27. The molecule has 0 bridgehead atoms. The number of carbonyl (C=O) groups excluding carboxylic acids is 1. The molecule has 5 heteroatoms. The molecule has 90 valence electrons. The van der Waals surface area contributed by atoms with Crippen LogP contribution in [0.2, 0.25) is 0 Å². The van der Waals surface area contributed by atoms with Crippen LogP contribution in [-0.4, -0.2) is 36.1 Å². The van der Waals surface area contributed by atoms with Gasteiger partial charge >= 0.3 is 5.97 Å². The molecule has 0 unspecified atom stereocenters. The molecular weight excluding hydrogens is 208 g/mol. The monoisotopic (exact) mass is 226 g/mol. The number of hydrogen-bond donors (Lipinski definition) is 0. The average Bonchev–Trinajstić information content (AvgIpc) is 2.64. The SMILES string of the molecule is CCCN(CC(=O)OC)Cc1ncoc1C. The lowest BCUT2D eigenvalue weighted by atomic mass is 10.3. The number of oxazole rings is 1. The van der Waals surface area contributed by atoms with Crippen LogP contribution in [0.5, 0.6) is 0 Å². The summed E-state index contributed by atoms with van der Waals surface area (Å²) in [6.07, 6.45) is 2.40. The van der Waals surface area contributed by atoms with E-state index >= 15 is 0 Å². The molecule has 0 atom stereocenters. The number of esters is 1. The Labute approximate surface area is 95.4 Å². The third kappa shape index (κ3) is 3.66. The van der Waals surface area contributed by atoms with E-state index in [2.05, 4.69) is 16.6 Å². The van der Waals surface area contributed by atoms with Gasteiger partial charge in [-0.25, -0.2) is 4.98 Å². The van der Waals surface area contributed by atoms with Crippen molar-refractivity contribution in [2.24, 2.45) is 0 Å². The van der Waals surface area contributed by atoms with E-state index in [1.165, 1.54) is 13.5 Å². The standard InChI is InChI=1S/C11H18N2O3/c1-4-5-13(7-11(14)15-3)6-10-9(2)16-8-12-10/h8H,4-7H2,1-3H3. The molecule has 1 aromatic heterocycles. The minimum absolute atomic E-state index is 0.227. The van der Waals surface area contributed by atoms with Crippen LogP contribution in [-0.2, 0) is 16.1 Å². The first-order valence-corrected chi connectivity index (χ1v) is 5.35. The van der Waals surface area contributed by atoms with Gasteiger partial charge in [-0.2, -0.15) is 0 Å². The Morgan fingerprint density at radius 2 is 2.38 bits per heavy atom. The van der Waals surface area contributed by atoms with Gasteiger partial charge in [-0.3, -0.25) is 9.69 Å². The maximum atomic E-state index is 11.2. The van der Waals surface area contributed by atoms with Crippen LogP contribution in [0.3, 0.4) is 0 Å². The molecule has 0 N–H and O–H groups in total. The van der Waals surface area contributed by atoms with E-state index in [0.717, 1.165) is 24.4 Å². The molecule has 0 radical (unpaired) electrons. The number of aryl methyl sites for hydroxylation is 1. The topological polar surface area (TPSA) is 55.6 Å². The zero-order valence-corrected chi connectivity index (χ0v) is 10.0. The Morgan fingerprint density at radius 3 is 2.88 bits per heavy atom. The van der Waals surface area contributed by atoms with Crippen molar-refractivity contribution >= 4 is 5.97 Å². The summed E-state index contributed by atoms with van der Waals surface area (Å²) in [5, 5.41) is 0. The lowest BCUT2D eigenvalue weighted by molar-refractivity contribution is -0.142. The summed E-state index contributed by atoms with van der Waals surface area (Å²) in [5.41, 5.74) is 0.873. The third-order valence-corrected chi connectivity index (χ3v) is 2.34. The maximum absolute atomic E-state index is 11.2. The van der Waals surface area contributed by atoms with Crippen LogP contribution in [0.1, 0.15) is 24.8 Å². The average molecular weight is 226 g/mol. The first-order valence-electron chi connectivity index (χ1n) is 5.35. The number of carbonyl (C=O) groups is 1. The van der Waals surface area contributed by atoms with Crippen LogP contribution in [0.4, 0.5) is 0 Å². The van der Waals surface area contributed by atoms with Gasteiger partial charge in [0.2, 0.25) is 0 Å². The lowest BCUT2D eigenvalue weighted by Crippen LogP contribution is -2.31. The minimum Gasteiger partial charge on any atom is -0.468 e. The van der Waals surface area contributed by atoms with Gasteiger partial charge in [-0.1, -0.05) is 6.92 Å². The Kier molecular flexibility index (Phi) is 4.98. The number of aromatic nitrogens is 1. The molecule has 0 aliphatic heterocycles. The fraction of sp³-hybridized carbons (Fsp3) is 0.636. The molecule has 1 heterocycles. The summed E-state index contributed by atoms with van der Waals surface area (Å²) >= 11 is 0. The first kappa shape index (κ1) is 12.7. The summed E-state index contributed by atoms with van der Waals surface area (Å²) in [4.78, 5) is 17.3. The van der Waals surface area contributed by atoms with E-state index < -0.39 is 0 Å². The smallest absolute Gasteiger partial charge is 0.319 e. The van der Waals surface area contributed by atoms with Crippen molar-refractivity contribution in [1.82, 2.24) is 9.88 Å². The molecule has 0 amide bonds. The number of nitrogens with zero attached hydrogens (tertiary/aromatic N) is 2. The van der Waals surface area contributed by atoms with Gasteiger partial charge in [-0.05, 0) is 19.9 Å². The van der Waals surface area contributed by atoms with Gasteiger partial charge in [0.25, 0.3) is 0 Å². The molecule has 5 nitrogen and oxygen atoms in total. The van der Waals surface area contributed by atoms with E-state index in [-0.39, 0.29) is 12.5 Å². The van der Waals surface area contributed by atoms with E-state index in [4.69, 9.17) is 4.42 Å². The van der Waals surface area contributed by atoms with Crippen LogP contribution >= 0.6 is 0 Å². The zero-order valence-electron chi connectivity index (χ0n) is 10.0. The predicted octanol–water partition coefficient (Wildman–Crippen LogP) is 1.37. The Balaban J connectivity index is 2.57. The molecule has 0 fully saturated rings. The van der Waals surface area contributed by atoms with Gasteiger partial charge < -0.3 is 9.15 Å². The highest BCUT2D eigenvalue weighted by Crippen LogP contribution is 2.08. The normalized spacial score (nSPS) is 10.8. The number of rotatable bonds is 6. The van der Waals surface area contributed by atoms with Crippen LogP contribution in [0, 0.1) is 6.92 Å². The second-order valence-electron chi connectivity index (χ2n) is 3.64. The number of methoxy groups -OCH3 is 1. The van der Waals surface area contributed by atoms with Crippen LogP contribution in [0.25, 0.3) is 0 Å². The van der Waals surface area contributed by atoms with E-state index in [1.54, 1.807) is 0 Å². The van der Waals surface area contributed by atoms with E-state index in [0.29, 0.717) is 6.54 Å². The van der Waals surface area contributed by atoms with Crippen molar-refractivity contribution in [2.75, 3.05) is 20.2 Å². The molecule has 16 heavy (non-hydrogen) atoms. The predicted molar refractivity (Wildman–Crippen MR) is 58.8 cm³/mol. The van der Waals surface area contributed by atoms with Gasteiger partial charge in [0.15, 0.2) is 6.39 Å². The summed E-state index contributed by atoms with van der Waals surface area (Å²) in [5.74, 6) is 0.570. The molecule has 0 aromatic carbocycles. The van der Waals surface area contributed by atoms with Crippen molar-refractivity contribution in [3.8, 4) is 0 Å². The van der Waals surface area contributed by atoms with E-state index in [9.17, 15) is 4.79 Å². The van der Waals surface area contributed by atoms with Gasteiger partial charge in [0, 0.05) is 6.54 Å². The highest BCUT2D eigenvalue weighted by Gasteiger charge is 2.13. The van der Waals surface area contributed by atoms with Gasteiger partial charge in [0.1, 0.15) is 5.76 Å². The quantitative estimate of drug-likeness (QED) is 0.686. The van der Waals surface area contributed by atoms with Crippen molar-refractivity contribution in [3.63, 3.8) is 0 Å². The Hall–Kier alpha value is -1.36. The molecule has 0 saturated heterocycles. The van der Waals surface area contributed by atoms with Crippen molar-refractivity contribution < 1.29 is 13.9 Å². The molecule has 0 spiro atoms. The highest BCUT2D eigenvalue weighted by molar-refractivity contribution is 5.71. The summed E-state index contributed by atoms with van der Waals surface area (Å²) in [6, 6.07) is 0. The maximum Gasteiger partial charge on any atom is 0.319 e. The van der Waals surface area contributed by atoms with Gasteiger partial charge in [0.05, 0.1) is 19.3 Å². The lowest BCUT2D eigenvalue weighted by Gasteiger charge is -2.18. The molecular formula is C11H18N2O3. The Bertz CT molecular complexity index is 336. The van der Waals surface area contributed by atoms with Crippen LogP contribution in [0.15, 0.2) is 10.8 Å². The zero-order chi connectivity index (χ0) is 12.0. The third-order valence-electron chi connectivity index (χ3n) is 2.34. The molecule has 0 saturated carbocycles. The largest absolute Gasteiger partial charge is 0.468 e. The van der Waals surface area contributed by atoms with E-state index in [1.807, 2.05) is 11.8 Å². The summed E-state index contributed by atoms with van der Waals surface area (Å²) in [7, 11) is 1.40. The molecule has 0 aliphatic rings. The van der Waals surface area contributed by atoms with Crippen LogP contribution < -0.4 is 0 Å². The molecule has 1 rings (SSSR count). The van der Waals surface area contributed by atoms with Crippen molar-refractivity contribution in [3.05, 3.63) is 17.8 Å². The molecule has 0 aliphatic carbocycles. The Morgan fingerprint density at radius 1 is 1.62 bits per heavy atom.